The van der Waals surface area contributed by atoms with Crippen LogP contribution < -0.4 is 15.4 Å². The van der Waals surface area contributed by atoms with Crippen LogP contribution >= 0.6 is 47.2 Å². The molecule has 0 unspecified atom stereocenters. The van der Waals surface area contributed by atoms with E-state index in [4.69, 9.17) is 23.2 Å². The van der Waals surface area contributed by atoms with Crippen molar-refractivity contribution in [1.82, 2.24) is 10.6 Å². The lowest BCUT2D eigenvalue weighted by Gasteiger charge is -2.14. The second-order valence-electron chi connectivity index (χ2n) is 5.36. The van der Waals surface area contributed by atoms with E-state index in [-0.39, 0.29) is 52.1 Å². The highest BCUT2D eigenvalue weighted by atomic mass is 127. The minimum Gasteiger partial charge on any atom is -0.433 e. The second-order valence-corrected chi connectivity index (χ2v) is 8.46. The first kappa shape index (κ1) is 26.4. The first-order valence-corrected chi connectivity index (χ1v) is 10.6. The largest absolute Gasteiger partial charge is 0.433 e. The molecule has 0 aromatic heterocycles. The number of rotatable bonds is 9. The number of hydrogen-bond acceptors (Lipinski definition) is 4. The third-order valence-corrected chi connectivity index (χ3v) is 4.56. The number of guanidine groups is 1. The van der Waals surface area contributed by atoms with Crippen LogP contribution in [0.15, 0.2) is 17.1 Å². The van der Waals surface area contributed by atoms with E-state index in [0.717, 1.165) is 0 Å². The fraction of sp³-hybridized carbons (Fsp3) is 0.533. The molecule has 0 radical (unpaired) electrons. The molecular weight excluding hydrogens is 538 g/mol. The summed E-state index contributed by atoms with van der Waals surface area (Å²) >= 11 is 11.8. The van der Waals surface area contributed by atoms with E-state index in [2.05, 4.69) is 20.4 Å². The van der Waals surface area contributed by atoms with Crippen LogP contribution in [0.4, 0.5) is 8.78 Å². The van der Waals surface area contributed by atoms with E-state index < -0.39 is 16.4 Å². The van der Waals surface area contributed by atoms with Gasteiger partial charge in [0.1, 0.15) is 15.6 Å². The number of hydrogen-bond donors (Lipinski definition) is 2. The van der Waals surface area contributed by atoms with Crippen molar-refractivity contribution in [3.8, 4) is 5.75 Å². The van der Waals surface area contributed by atoms with Crippen molar-refractivity contribution in [1.29, 1.82) is 0 Å². The lowest BCUT2D eigenvalue weighted by Crippen LogP contribution is -2.38. The van der Waals surface area contributed by atoms with Gasteiger partial charge >= 0.3 is 6.61 Å². The van der Waals surface area contributed by atoms with Crippen LogP contribution in [0.1, 0.15) is 18.9 Å². The molecule has 6 nitrogen and oxygen atoms in total. The van der Waals surface area contributed by atoms with Gasteiger partial charge in [-0.1, -0.05) is 23.2 Å². The third-order valence-electron chi connectivity index (χ3n) is 3.03. The number of nitrogens with one attached hydrogen (secondary N) is 2. The predicted molar refractivity (Wildman–Crippen MR) is 116 cm³/mol. The first-order valence-electron chi connectivity index (χ1n) is 7.75. The zero-order valence-electron chi connectivity index (χ0n) is 14.8. The van der Waals surface area contributed by atoms with E-state index >= 15 is 0 Å². The first-order chi connectivity index (χ1) is 12.1. The zero-order valence-corrected chi connectivity index (χ0v) is 19.4. The lowest BCUT2D eigenvalue weighted by molar-refractivity contribution is -0.0503. The number of aliphatic imine (C=N–C) groups is 1. The minimum atomic E-state index is -3.03. The number of ether oxygens (including phenoxy) is 1. The maximum Gasteiger partial charge on any atom is 0.387 e. The van der Waals surface area contributed by atoms with Crippen molar-refractivity contribution in [3.63, 3.8) is 0 Å². The minimum absolute atomic E-state index is 0. The topological polar surface area (TPSA) is 79.8 Å². The van der Waals surface area contributed by atoms with Gasteiger partial charge in [0, 0.05) is 29.9 Å². The molecule has 12 heteroatoms. The van der Waals surface area contributed by atoms with Crippen molar-refractivity contribution >= 4 is 63.0 Å². The molecule has 1 aromatic carbocycles. The van der Waals surface area contributed by atoms with Crippen molar-refractivity contribution in [3.05, 3.63) is 27.7 Å². The van der Waals surface area contributed by atoms with Crippen molar-refractivity contribution in [2.45, 2.75) is 26.5 Å². The summed E-state index contributed by atoms with van der Waals surface area (Å²) in [5.41, 5.74) is 0.302. The lowest BCUT2D eigenvalue weighted by atomic mass is 10.2. The maximum absolute atomic E-state index is 12.6. The molecule has 1 rings (SSSR count). The Bertz CT molecular complexity index is 737. The fourth-order valence-corrected chi connectivity index (χ4v) is 3.25. The average molecular weight is 560 g/mol. The van der Waals surface area contributed by atoms with E-state index in [1.165, 1.54) is 18.4 Å². The van der Waals surface area contributed by atoms with Gasteiger partial charge in [0.05, 0.1) is 17.3 Å². The Hall–Kier alpha value is -0.590. The van der Waals surface area contributed by atoms with Crippen molar-refractivity contribution in [2.24, 2.45) is 4.99 Å². The van der Waals surface area contributed by atoms with Crippen LogP contribution in [-0.4, -0.2) is 46.1 Å². The highest BCUT2D eigenvalue weighted by Gasteiger charge is 2.15. The second kappa shape index (κ2) is 12.8. The third kappa shape index (κ3) is 11.1. The van der Waals surface area contributed by atoms with E-state index in [9.17, 15) is 17.2 Å². The Labute approximate surface area is 185 Å². The molecule has 1 aromatic rings. The summed E-state index contributed by atoms with van der Waals surface area (Å²) in [6.45, 7) is -0.234. The van der Waals surface area contributed by atoms with Crippen LogP contribution in [0.5, 0.6) is 5.75 Å². The molecule has 0 aliphatic carbocycles. The molecule has 27 heavy (non-hydrogen) atoms. The van der Waals surface area contributed by atoms with Gasteiger partial charge in [0.15, 0.2) is 5.96 Å². The van der Waals surface area contributed by atoms with Gasteiger partial charge in [-0.15, -0.1) is 24.0 Å². The summed E-state index contributed by atoms with van der Waals surface area (Å²) in [5, 5.41) is 6.18. The van der Waals surface area contributed by atoms with Crippen LogP contribution in [0.2, 0.25) is 10.0 Å². The molecular formula is C15H22Cl2F2IN3O3S. The summed E-state index contributed by atoms with van der Waals surface area (Å²) in [5.74, 6) is 0.276. The van der Waals surface area contributed by atoms with Crippen LogP contribution in [0.25, 0.3) is 0 Å². The molecule has 0 amide bonds. The molecule has 0 atom stereocenters. The quantitative estimate of drug-likeness (QED) is 0.209. The highest BCUT2D eigenvalue weighted by Crippen LogP contribution is 2.34. The number of benzene rings is 1. The van der Waals surface area contributed by atoms with E-state index in [1.807, 2.05) is 6.92 Å². The molecule has 0 fully saturated rings. The summed E-state index contributed by atoms with van der Waals surface area (Å²) < 4.78 is 51.9. The molecule has 0 bridgehead atoms. The van der Waals surface area contributed by atoms with Gasteiger partial charge < -0.3 is 15.4 Å². The molecule has 0 saturated heterocycles. The van der Waals surface area contributed by atoms with Crippen LogP contribution in [0.3, 0.4) is 0 Å². The van der Waals surface area contributed by atoms with Gasteiger partial charge in [-0.2, -0.15) is 8.78 Å². The SMILES string of the molecule is CCNC(=NCc1cc(Cl)cc(Cl)c1OC(F)F)NCCCS(C)(=O)=O.I. The smallest absolute Gasteiger partial charge is 0.387 e. The molecule has 2 N–H and O–H groups in total. The molecule has 0 aliphatic heterocycles. The van der Waals surface area contributed by atoms with Crippen molar-refractivity contribution in [2.75, 3.05) is 25.1 Å². The Morgan fingerprint density at radius 1 is 1.30 bits per heavy atom. The summed E-state index contributed by atoms with van der Waals surface area (Å²) in [6, 6.07) is 2.75. The predicted octanol–water partition coefficient (Wildman–Crippen LogP) is 3.70. The van der Waals surface area contributed by atoms with Crippen LogP contribution in [-0.2, 0) is 16.4 Å². The van der Waals surface area contributed by atoms with Gasteiger partial charge in [-0.3, -0.25) is 0 Å². The highest BCUT2D eigenvalue weighted by molar-refractivity contribution is 14.0. The Kier molecular flexibility index (Phi) is 12.5. The number of halogens is 5. The van der Waals surface area contributed by atoms with Crippen LogP contribution in [0, 0.1) is 0 Å². The molecule has 0 heterocycles. The molecule has 0 aliphatic rings. The Morgan fingerprint density at radius 2 is 1.96 bits per heavy atom. The maximum atomic E-state index is 12.6. The van der Waals surface area contributed by atoms with E-state index in [1.54, 1.807) is 0 Å². The summed E-state index contributed by atoms with van der Waals surface area (Å²) in [4.78, 5) is 4.27. The summed E-state index contributed by atoms with van der Waals surface area (Å²) in [6.07, 6.45) is 1.58. The van der Waals surface area contributed by atoms with Gasteiger partial charge in [0.25, 0.3) is 0 Å². The number of alkyl halides is 2. The average Bonchev–Trinajstić information content (AvgIpc) is 2.50. The zero-order chi connectivity index (χ0) is 19.7. The summed E-state index contributed by atoms with van der Waals surface area (Å²) in [7, 11) is -3.03. The molecule has 156 valence electrons. The number of nitrogens with zero attached hydrogens (tertiary/aromatic N) is 1. The standard InChI is InChI=1S/C15H21Cl2F2N3O3S.HI/c1-3-20-15(21-5-4-6-26(2,23)24)22-9-10-7-11(16)8-12(17)13(10)25-14(18)19;/h7-8,14H,3-6,9H2,1-2H3,(H2,20,21,22);1H. The Balaban J connectivity index is 0.00000676. The normalized spacial score (nSPS) is 11.9. The monoisotopic (exact) mass is 559 g/mol. The molecule has 0 saturated carbocycles. The van der Waals surface area contributed by atoms with Gasteiger partial charge in [-0.05, 0) is 25.5 Å². The Morgan fingerprint density at radius 3 is 2.52 bits per heavy atom. The number of sulfone groups is 1. The van der Waals surface area contributed by atoms with Crippen molar-refractivity contribution < 1.29 is 21.9 Å². The van der Waals surface area contributed by atoms with Gasteiger partial charge in [-0.25, -0.2) is 13.4 Å². The molecule has 0 spiro atoms. The fourth-order valence-electron chi connectivity index (χ4n) is 2.00. The van der Waals surface area contributed by atoms with E-state index in [0.29, 0.717) is 31.0 Å². The van der Waals surface area contributed by atoms with Gasteiger partial charge in [0.2, 0.25) is 0 Å².